The topological polar surface area (TPSA) is 41.9 Å². The highest BCUT2D eigenvalue weighted by molar-refractivity contribution is 5.82. The van der Waals surface area contributed by atoms with Crippen LogP contribution in [0, 0.1) is 0 Å². The van der Waals surface area contributed by atoms with E-state index < -0.39 is 0 Å². The van der Waals surface area contributed by atoms with Crippen LogP contribution in [0.3, 0.4) is 0 Å². The van der Waals surface area contributed by atoms with E-state index in [2.05, 4.69) is 45.3 Å². The summed E-state index contributed by atoms with van der Waals surface area (Å²) in [4.78, 5) is 6.74. The van der Waals surface area contributed by atoms with Gasteiger partial charge in [0.05, 0.1) is 11.2 Å². The molecule has 1 fully saturated rings. The maximum atomic E-state index is 4.44. The predicted octanol–water partition coefficient (Wildman–Crippen LogP) is 3.46. The second-order valence-corrected chi connectivity index (χ2v) is 5.89. The van der Waals surface area contributed by atoms with Crippen LogP contribution in [0.4, 0.5) is 0 Å². The molecule has 4 heteroatoms. The Morgan fingerprint density at radius 2 is 2.05 bits per heavy atom. The van der Waals surface area contributed by atoms with Gasteiger partial charge in [-0.05, 0) is 50.2 Å². The molecule has 4 nitrogen and oxygen atoms in total. The van der Waals surface area contributed by atoms with Crippen molar-refractivity contribution in [3.05, 3.63) is 54.4 Å². The summed E-state index contributed by atoms with van der Waals surface area (Å²) in [6.07, 6.45) is 6.23. The van der Waals surface area contributed by atoms with Gasteiger partial charge in [0.15, 0.2) is 0 Å². The van der Waals surface area contributed by atoms with Crippen molar-refractivity contribution in [2.45, 2.75) is 18.9 Å². The predicted molar refractivity (Wildman–Crippen MR) is 87.4 cm³/mol. The van der Waals surface area contributed by atoms with Gasteiger partial charge < -0.3 is 0 Å². The lowest BCUT2D eigenvalue weighted by Crippen LogP contribution is -2.18. The minimum absolute atomic E-state index is 0.428. The van der Waals surface area contributed by atoms with Gasteiger partial charge in [0.1, 0.15) is 0 Å². The van der Waals surface area contributed by atoms with E-state index in [0.717, 1.165) is 28.7 Å². The van der Waals surface area contributed by atoms with Crippen LogP contribution in [0.5, 0.6) is 0 Å². The summed E-state index contributed by atoms with van der Waals surface area (Å²) in [5.74, 6) is 0. The molecule has 110 valence electrons. The Hall–Kier alpha value is -2.33. The van der Waals surface area contributed by atoms with Crippen molar-refractivity contribution in [2.24, 2.45) is 0 Å². The molecule has 2 aromatic heterocycles. The Balaban J connectivity index is 1.84. The van der Waals surface area contributed by atoms with Crippen LogP contribution in [-0.2, 0) is 0 Å². The maximum absolute atomic E-state index is 4.44. The van der Waals surface area contributed by atoms with Crippen LogP contribution in [0.25, 0.3) is 22.2 Å². The van der Waals surface area contributed by atoms with E-state index in [9.17, 15) is 0 Å². The number of fused-ring (bicyclic) bond motifs is 1. The molecule has 22 heavy (non-hydrogen) atoms. The van der Waals surface area contributed by atoms with Gasteiger partial charge in [0, 0.05) is 29.4 Å². The third-order valence-electron chi connectivity index (χ3n) is 4.50. The van der Waals surface area contributed by atoms with Crippen molar-refractivity contribution in [1.82, 2.24) is 20.1 Å². The van der Waals surface area contributed by atoms with E-state index in [1.807, 2.05) is 30.6 Å². The fourth-order valence-corrected chi connectivity index (χ4v) is 3.32. The first-order valence-corrected chi connectivity index (χ1v) is 7.70. The van der Waals surface area contributed by atoms with Crippen molar-refractivity contribution in [3.63, 3.8) is 0 Å². The van der Waals surface area contributed by atoms with Gasteiger partial charge in [-0.3, -0.25) is 9.88 Å². The van der Waals surface area contributed by atoms with Crippen LogP contribution < -0.4 is 0 Å². The van der Waals surface area contributed by atoms with Crippen LogP contribution in [0.2, 0.25) is 0 Å². The minimum Gasteiger partial charge on any atom is -0.299 e. The number of pyridine rings is 1. The molecule has 1 saturated heterocycles. The van der Waals surface area contributed by atoms with E-state index in [0.29, 0.717) is 6.04 Å². The second kappa shape index (κ2) is 5.46. The molecule has 0 amide bonds. The summed E-state index contributed by atoms with van der Waals surface area (Å²) >= 11 is 0. The SMILES string of the molecule is CN1CCC[C@H]1c1cnccc1-c1cc2ccccc2nn1. The second-order valence-electron chi connectivity index (χ2n) is 5.89. The van der Waals surface area contributed by atoms with Crippen molar-refractivity contribution >= 4 is 10.9 Å². The summed E-state index contributed by atoms with van der Waals surface area (Å²) in [7, 11) is 2.18. The third-order valence-corrected chi connectivity index (χ3v) is 4.50. The van der Waals surface area contributed by atoms with Crippen molar-refractivity contribution in [3.8, 4) is 11.3 Å². The Morgan fingerprint density at radius 3 is 2.91 bits per heavy atom. The van der Waals surface area contributed by atoms with Crippen LogP contribution in [-0.4, -0.2) is 33.7 Å². The minimum atomic E-state index is 0.428. The number of benzene rings is 1. The zero-order chi connectivity index (χ0) is 14.9. The van der Waals surface area contributed by atoms with Gasteiger partial charge in [-0.25, -0.2) is 0 Å². The molecule has 3 heterocycles. The number of aromatic nitrogens is 3. The average Bonchev–Trinajstić information content (AvgIpc) is 3.00. The quantitative estimate of drug-likeness (QED) is 0.725. The molecule has 3 aromatic rings. The molecule has 0 N–H and O–H groups in total. The maximum Gasteiger partial charge on any atom is 0.0940 e. The van der Waals surface area contributed by atoms with Crippen molar-refractivity contribution < 1.29 is 0 Å². The van der Waals surface area contributed by atoms with E-state index in [1.54, 1.807) is 0 Å². The van der Waals surface area contributed by atoms with E-state index in [1.165, 1.54) is 18.4 Å². The van der Waals surface area contributed by atoms with Gasteiger partial charge in [-0.15, -0.1) is 10.2 Å². The Kier molecular flexibility index (Phi) is 3.31. The summed E-state index contributed by atoms with van der Waals surface area (Å²) < 4.78 is 0. The molecule has 1 aliphatic heterocycles. The van der Waals surface area contributed by atoms with Gasteiger partial charge in [0.25, 0.3) is 0 Å². The molecule has 0 bridgehead atoms. The van der Waals surface area contributed by atoms with Crippen LogP contribution in [0.15, 0.2) is 48.8 Å². The molecule has 0 unspecified atom stereocenters. The molecule has 0 spiro atoms. The highest BCUT2D eigenvalue weighted by atomic mass is 15.1. The van der Waals surface area contributed by atoms with E-state index >= 15 is 0 Å². The zero-order valence-electron chi connectivity index (χ0n) is 12.6. The lowest BCUT2D eigenvalue weighted by molar-refractivity contribution is 0.317. The number of hydrogen-bond donors (Lipinski definition) is 0. The van der Waals surface area contributed by atoms with E-state index in [-0.39, 0.29) is 0 Å². The Bertz CT molecular complexity index is 815. The molecule has 0 aliphatic carbocycles. The van der Waals surface area contributed by atoms with Crippen molar-refractivity contribution in [2.75, 3.05) is 13.6 Å². The molecule has 1 atom stereocenters. The molecule has 4 rings (SSSR count). The zero-order valence-corrected chi connectivity index (χ0v) is 12.6. The first kappa shape index (κ1) is 13.3. The Labute approximate surface area is 129 Å². The standard InChI is InChI=1S/C18H18N4/c1-22-10-4-7-18(22)15-12-19-9-8-14(15)17-11-13-5-2-3-6-16(13)20-21-17/h2-3,5-6,8-9,11-12,18H,4,7,10H2,1H3/t18-/m0/s1. The van der Waals surface area contributed by atoms with E-state index in [4.69, 9.17) is 0 Å². The fourth-order valence-electron chi connectivity index (χ4n) is 3.32. The highest BCUT2D eigenvalue weighted by Gasteiger charge is 2.25. The highest BCUT2D eigenvalue weighted by Crippen LogP contribution is 2.35. The summed E-state index contributed by atoms with van der Waals surface area (Å²) in [6, 6.07) is 12.7. The fraction of sp³-hybridized carbons (Fsp3) is 0.278. The number of hydrogen-bond acceptors (Lipinski definition) is 4. The largest absolute Gasteiger partial charge is 0.299 e. The molecule has 0 radical (unpaired) electrons. The average molecular weight is 290 g/mol. The number of nitrogens with zero attached hydrogens (tertiary/aromatic N) is 4. The molecular formula is C18H18N4. The summed E-state index contributed by atoms with van der Waals surface area (Å²) in [5, 5.41) is 9.92. The molecule has 1 aliphatic rings. The third kappa shape index (κ3) is 2.25. The number of rotatable bonds is 2. The lowest BCUT2D eigenvalue weighted by atomic mass is 9.98. The molecule has 0 saturated carbocycles. The summed E-state index contributed by atoms with van der Waals surface area (Å²) in [6.45, 7) is 1.14. The van der Waals surface area contributed by atoms with Gasteiger partial charge in [-0.1, -0.05) is 18.2 Å². The smallest absolute Gasteiger partial charge is 0.0940 e. The first-order valence-electron chi connectivity index (χ1n) is 7.70. The first-order chi connectivity index (χ1) is 10.8. The molecule has 1 aromatic carbocycles. The molecular weight excluding hydrogens is 272 g/mol. The van der Waals surface area contributed by atoms with Gasteiger partial charge >= 0.3 is 0 Å². The number of likely N-dealkylation sites (tertiary alicyclic amines) is 1. The van der Waals surface area contributed by atoms with Crippen LogP contribution >= 0.6 is 0 Å². The monoisotopic (exact) mass is 290 g/mol. The van der Waals surface area contributed by atoms with Crippen LogP contribution in [0.1, 0.15) is 24.4 Å². The lowest BCUT2D eigenvalue weighted by Gasteiger charge is -2.21. The van der Waals surface area contributed by atoms with Gasteiger partial charge in [0.2, 0.25) is 0 Å². The Morgan fingerprint density at radius 1 is 1.14 bits per heavy atom. The summed E-state index contributed by atoms with van der Waals surface area (Å²) in [5.41, 5.74) is 4.26. The van der Waals surface area contributed by atoms with Gasteiger partial charge in [-0.2, -0.15) is 0 Å². The normalized spacial score (nSPS) is 18.9. The van der Waals surface area contributed by atoms with Crippen molar-refractivity contribution in [1.29, 1.82) is 0 Å².